The fraction of sp³-hybridized carbons (Fsp3) is 0.515. The molecule has 2 heterocycles. The Balaban J connectivity index is 1.46. The molecule has 5 atom stereocenters. The van der Waals surface area contributed by atoms with Gasteiger partial charge in [-0.25, -0.2) is 4.79 Å². The van der Waals surface area contributed by atoms with Gasteiger partial charge in [0, 0.05) is 37.1 Å². The molecular weight excluding hydrogens is 556 g/mol. The van der Waals surface area contributed by atoms with E-state index in [0.29, 0.717) is 49.1 Å². The average Bonchev–Trinajstić information content (AvgIpc) is 3.09. The Morgan fingerprint density at radius 2 is 2.00 bits per heavy atom. The maximum absolute atomic E-state index is 13.1. The molecule has 2 aliphatic heterocycles. The molecule has 6 rings (SSSR count). The number of amides is 1. The number of aryl methyl sites for hydroxylation is 1. The first-order valence-corrected chi connectivity index (χ1v) is 15.3. The van der Waals surface area contributed by atoms with Crippen LogP contribution in [0.25, 0.3) is 0 Å². The normalized spacial score (nSPS) is 32.2. The zero-order valence-electron chi connectivity index (χ0n) is 24.0. The average molecular weight is 595 g/mol. The minimum Gasteiger partial charge on any atom is -0.490 e. The summed E-state index contributed by atoms with van der Waals surface area (Å²) >= 11 is 6.38. The van der Waals surface area contributed by atoms with E-state index in [2.05, 4.69) is 11.0 Å². The van der Waals surface area contributed by atoms with Crippen molar-refractivity contribution in [2.75, 3.05) is 38.2 Å². The Morgan fingerprint density at radius 3 is 2.76 bits per heavy atom. The van der Waals surface area contributed by atoms with Crippen LogP contribution in [0.2, 0.25) is 5.02 Å². The van der Waals surface area contributed by atoms with Crippen LogP contribution in [0, 0.1) is 11.8 Å². The number of hydrogen-bond donors (Lipinski definition) is 3. The Labute approximate surface area is 251 Å². The van der Waals surface area contributed by atoms with Crippen LogP contribution in [0.15, 0.2) is 48.6 Å². The van der Waals surface area contributed by atoms with Crippen molar-refractivity contribution in [3.63, 3.8) is 0 Å². The molecule has 9 heteroatoms. The molecule has 2 aromatic rings. The molecule has 8 nitrogen and oxygen atoms in total. The van der Waals surface area contributed by atoms with E-state index in [1.54, 1.807) is 25.2 Å². The maximum Gasteiger partial charge on any atom is 0.340 e. The topological polar surface area (TPSA) is 111 Å². The van der Waals surface area contributed by atoms with Gasteiger partial charge in [0.05, 0.1) is 24.8 Å². The zero-order chi connectivity index (χ0) is 29.6. The number of carboxylic acid groups (broad SMARTS) is 1. The summed E-state index contributed by atoms with van der Waals surface area (Å²) in [4.78, 5) is 29.3. The number of rotatable bonds is 1. The summed E-state index contributed by atoms with van der Waals surface area (Å²) in [5.74, 6) is -0.985. The second kappa shape index (κ2) is 11.2. The van der Waals surface area contributed by atoms with Crippen LogP contribution in [0.1, 0.15) is 55.2 Å². The van der Waals surface area contributed by atoms with E-state index in [1.165, 1.54) is 16.0 Å². The first-order chi connectivity index (χ1) is 20.1. The van der Waals surface area contributed by atoms with Crippen LogP contribution in [0.5, 0.6) is 5.75 Å². The predicted molar refractivity (Wildman–Crippen MR) is 160 cm³/mol. The summed E-state index contributed by atoms with van der Waals surface area (Å²) in [6.07, 6.45) is 7.86. The third kappa shape index (κ3) is 5.18. The Kier molecular flexibility index (Phi) is 7.75. The molecule has 42 heavy (non-hydrogen) atoms. The largest absolute Gasteiger partial charge is 0.490 e. The van der Waals surface area contributed by atoms with Gasteiger partial charge in [-0.3, -0.25) is 4.79 Å². The van der Waals surface area contributed by atoms with E-state index < -0.39 is 30.0 Å². The predicted octanol–water partition coefficient (Wildman–Crippen LogP) is 4.28. The lowest BCUT2D eigenvalue weighted by Crippen LogP contribution is -2.49. The number of ether oxygens (including phenoxy) is 1. The number of carbonyl (C=O) groups is 2. The van der Waals surface area contributed by atoms with Gasteiger partial charge in [-0.05, 0) is 91.3 Å². The minimum absolute atomic E-state index is 0.105. The monoisotopic (exact) mass is 594 g/mol. The van der Waals surface area contributed by atoms with E-state index in [9.17, 15) is 24.9 Å². The molecule has 3 N–H and O–H groups in total. The summed E-state index contributed by atoms with van der Waals surface area (Å²) in [7, 11) is 1.60. The molecule has 2 bridgehead atoms. The van der Waals surface area contributed by atoms with Crippen LogP contribution >= 0.6 is 11.6 Å². The second-order valence-electron chi connectivity index (χ2n) is 12.7. The van der Waals surface area contributed by atoms with Gasteiger partial charge in [-0.15, -0.1) is 0 Å². The molecule has 1 fully saturated rings. The van der Waals surface area contributed by atoms with Crippen LogP contribution in [0.4, 0.5) is 5.69 Å². The van der Waals surface area contributed by atoms with Crippen molar-refractivity contribution >= 4 is 29.2 Å². The van der Waals surface area contributed by atoms with E-state index in [4.69, 9.17) is 16.3 Å². The molecule has 1 saturated carbocycles. The Bertz CT molecular complexity index is 1410. The van der Waals surface area contributed by atoms with Gasteiger partial charge in [0.1, 0.15) is 5.75 Å². The summed E-state index contributed by atoms with van der Waals surface area (Å²) in [5.41, 5.74) is 0.594. The van der Waals surface area contributed by atoms with E-state index in [1.807, 2.05) is 24.3 Å². The molecule has 1 spiro atoms. The van der Waals surface area contributed by atoms with Crippen molar-refractivity contribution in [2.24, 2.45) is 11.8 Å². The van der Waals surface area contributed by atoms with Gasteiger partial charge in [-0.2, -0.15) is 0 Å². The number of benzene rings is 2. The van der Waals surface area contributed by atoms with Crippen molar-refractivity contribution < 1.29 is 29.6 Å². The van der Waals surface area contributed by atoms with Crippen molar-refractivity contribution in [1.82, 2.24) is 4.90 Å². The highest BCUT2D eigenvalue weighted by Crippen LogP contribution is 2.47. The fourth-order valence-electron chi connectivity index (χ4n) is 7.35. The number of carboxylic acids is 1. The fourth-order valence-corrected chi connectivity index (χ4v) is 7.55. The van der Waals surface area contributed by atoms with E-state index >= 15 is 0 Å². The molecule has 0 radical (unpaired) electrons. The molecule has 2 aromatic carbocycles. The minimum atomic E-state index is -2.40. The van der Waals surface area contributed by atoms with E-state index in [-0.39, 0.29) is 22.8 Å². The number of aliphatic hydroxyl groups is 2. The Morgan fingerprint density at radius 1 is 1.17 bits per heavy atom. The lowest BCUT2D eigenvalue weighted by atomic mass is 9.68. The molecule has 4 aliphatic rings. The first kappa shape index (κ1) is 29.0. The summed E-state index contributed by atoms with van der Waals surface area (Å²) in [6.45, 7) is 2.11. The maximum atomic E-state index is 13.1. The highest BCUT2D eigenvalue weighted by molar-refractivity contribution is 6.30. The van der Waals surface area contributed by atoms with E-state index in [0.717, 1.165) is 32.1 Å². The van der Waals surface area contributed by atoms with Gasteiger partial charge < -0.3 is 29.9 Å². The summed E-state index contributed by atoms with van der Waals surface area (Å²) in [5, 5.41) is 33.5. The van der Waals surface area contributed by atoms with Gasteiger partial charge in [0.15, 0.2) is 5.60 Å². The zero-order valence-corrected chi connectivity index (χ0v) is 24.7. The van der Waals surface area contributed by atoms with Crippen LogP contribution in [-0.4, -0.2) is 71.5 Å². The number of aliphatic hydroxyl groups excluding tert-OH is 1. The van der Waals surface area contributed by atoms with Crippen molar-refractivity contribution in [3.05, 3.63) is 70.3 Å². The van der Waals surface area contributed by atoms with Crippen molar-refractivity contribution in [1.29, 1.82) is 0 Å². The van der Waals surface area contributed by atoms with Crippen LogP contribution in [-0.2, 0) is 27.0 Å². The molecule has 0 unspecified atom stereocenters. The summed E-state index contributed by atoms with van der Waals surface area (Å²) in [6, 6.07) is 11.1. The Hall–Kier alpha value is -3.07. The van der Waals surface area contributed by atoms with Gasteiger partial charge in [0.2, 0.25) is 5.91 Å². The number of anilines is 1. The number of fused-ring (bicyclic) bond motifs is 4. The number of nitrogens with zero attached hydrogens (tertiary/aromatic N) is 2. The molecule has 0 saturated heterocycles. The highest BCUT2D eigenvalue weighted by Gasteiger charge is 2.46. The summed E-state index contributed by atoms with van der Waals surface area (Å²) < 4.78 is 6.52. The number of aliphatic carboxylic acids is 1. The van der Waals surface area contributed by atoms with Gasteiger partial charge in [-0.1, -0.05) is 35.9 Å². The molecule has 224 valence electrons. The number of hydrogen-bond acceptors (Lipinski definition) is 6. The second-order valence-corrected chi connectivity index (χ2v) is 13.1. The standard InChI is InChI=1S/C33H39ClN2O6/c1-35-14-3-2-6-28(37)25-10-7-22(25)18-36-19-32(13-4-5-21-15-24(34)9-11-26(21)32)20-42-29-12-8-23(16-27(29)36)33(41,31(39)40)17-30(35)38/h2,6,8-9,11-12,15-16,22,25,28,37,41H,3-5,7,10,13-14,17-20H2,1H3,(H,39,40)/b6-2+/t22-,25+,28-,32-,33-/m0/s1. The van der Waals surface area contributed by atoms with Crippen LogP contribution in [0.3, 0.4) is 0 Å². The highest BCUT2D eigenvalue weighted by atomic mass is 35.5. The third-order valence-electron chi connectivity index (χ3n) is 10.0. The van der Waals surface area contributed by atoms with Gasteiger partial charge >= 0.3 is 5.97 Å². The molecule has 2 aliphatic carbocycles. The smallest absolute Gasteiger partial charge is 0.340 e. The molecular formula is C33H39ClN2O6. The first-order valence-electron chi connectivity index (χ1n) is 15.0. The van der Waals surface area contributed by atoms with Crippen molar-refractivity contribution in [2.45, 2.75) is 62.1 Å². The number of carbonyl (C=O) groups excluding carboxylic acids is 1. The van der Waals surface area contributed by atoms with Crippen molar-refractivity contribution in [3.8, 4) is 5.75 Å². The quantitative estimate of drug-likeness (QED) is 0.423. The lowest BCUT2D eigenvalue weighted by molar-refractivity contribution is -0.164. The SMILES string of the molecule is CN1CC/C=C/[C@H](O)[C@@H]2CC[C@H]2CN2C[C@@]3(CCCc4cc(Cl)ccc43)COc3ccc(cc32)[C@](O)(C(=O)O)CC1=O. The number of halogens is 1. The lowest BCUT2D eigenvalue weighted by Gasteiger charge is -2.45. The van der Waals surface area contributed by atoms with Crippen LogP contribution < -0.4 is 9.64 Å². The van der Waals surface area contributed by atoms with Gasteiger partial charge in [0.25, 0.3) is 0 Å². The molecule has 1 amide bonds. The molecule has 0 aromatic heterocycles. The third-order valence-corrected chi connectivity index (χ3v) is 10.3.